The van der Waals surface area contributed by atoms with Gasteiger partial charge < -0.3 is 14.2 Å². The molecule has 0 heterocycles. The van der Waals surface area contributed by atoms with Crippen molar-refractivity contribution in [1.82, 2.24) is 0 Å². The van der Waals surface area contributed by atoms with E-state index in [9.17, 15) is 14.4 Å². The summed E-state index contributed by atoms with van der Waals surface area (Å²) in [7, 11) is 0. The number of rotatable bonds is 27. The lowest BCUT2D eigenvalue weighted by atomic mass is 9.70. The number of carbonyl (C=O) groups excluding carboxylic acids is 3. The number of hydrogen-bond donors (Lipinski definition) is 0. The maximum Gasteiger partial charge on any atom is 0.312 e. The van der Waals surface area contributed by atoms with Crippen molar-refractivity contribution >= 4 is 17.9 Å². The summed E-state index contributed by atoms with van der Waals surface area (Å²) in [5, 5.41) is 0. The molecule has 0 radical (unpaired) electrons. The molecule has 0 fully saturated rings. The number of allylic oxidation sites excluding steroid dienone is 8. The second-order valence-corrected chi connectivity index (χ2v) is 30.3. The van der Waals surface area contributed by atoms with Crippen LogP contribution in [0.25, 0.3) is 0 Å². The van der Waals surface area contributed by atoms with Crippen molar-refractivity contribution in [2.75, 3.05) is 13.2 Å². The van der Waals surface area contributed by atoms with Gasteiger partial charge in [-0.2, -0.15) is 0 Å². The average Bonchev–Trinajstić information content (AvgIpc) is 3.10. The van der Waals surface area contributed by atoms with Crippen molar-refractivity contribution in [3.05, 3.63) is 48.6 Å². The van der Waals surface area contributed by atoms with E-state index in [1.807, 2.05) is 41.5 Å². The number of esters is 3. The van der Waals surface area contributed by atoms with Crippen LogP contribution in [0.3, 0.4) is 0 Å². The predicted molar refractivity (Wildman–Crippen MR) is 292 cm³/mol. The summed E-state index contributed by atoms with van der Waals surface area (Å²) < 4.78 is 18.4. The van der Waals surface area contributed by atoms with Gasteiger partial charge in [-0.15, -0.1) is 0 Å². The van der Waals surface area contributed by atoms with Gasteiger partial charge in [-0.05, 0) is 141 Å². The Labute approximate surface area is 422 Å². The zero-order valence-corrected chi connectivity index (χ0v) is 49.9. The summed E-state index contributed by atoms with van der Waals surface area (Å²) in [5.41, 5.74) is -2.69. The standard InChI is InChI=1S/C62H112O6/c1-28-61(26,38-37-57(18,19)43-53(9,10)11)46-60(24,25)48(63)66-39-47(40-67-50(65)62(27,29-2)45-58(20,21)36-35-56(16,17)42-52(6,7)8)68-49(64)59(22,23)44-55(14,15)34-32-30-31-33-54(12,13)41-51(3,4)5/h31-38,47H,28-30,39-46H2,1-27H3. The van der Waals surface area contributed by atoms with Gasteiger partial charge in [-0.1, -0.05) is 201 Å². The smallest absolute Gasteiger partial charge is 0.312 e. The molecule has 396 valence electrons. The Kier molecular flexibility index (Phi) is 23.3. The Morgan fingerprint density at radius 3 is 1.10 bits per heavy atom. The van der Waals surface area contributed by atoms with Crippen molar-refractivity contribution in [2.24, 2.45) is 65.0 Å². The molecular formula is C62H112O6. The molecule has 6 nitrogen and oxygen atoms in total. The summed E-state index contributed by atoms with van der Waals surface area (Å²) in [6.45, 7) is 58.1. The first-order valence-corrected chi connectivity index (χ1v) is 26.4. The highest BCUT2D eigenvalue weighted by molar-refractivity contribution is 5.78. The lowest BCUT2D eigenvalue weighted by molar-refractivity contribution is -0.179. The van der Waals surface area contributed by atoms with Crippen LogP contribution in [0.5, 0.6) is 0 Å². The molecule has 6 heteroatoms. The van der Waals surface area contributed by atoms with Crippen LogP contribution in [-0.2, 0) is 28.6 Å². The molecule has 3 atom stereocenters. The van der Waals surface area contributed by atoms with Crippen LogP contribution in [0, 0.1) is 65.0 Å². The van der Waals surface area contributed by atoms with Gasteiger partial charge in [-0.25, -0.2) is 0 Å². The Hall–Kier alpha value is -2.63. The van der Waals surface area contributed by atoms with E-state index in [2.05, 4.69) is 194 Å². The third-order valence-corrected chi connectivity index (χ3v) is 13.1. The zero-order valence-electron chi connectivity index (χ0n) is 49.9. The van der Waals surface area contributed by atoms with Gasteiger partial charge in [0.25, 0.3) is 0 Å². The topological polar surface area (TPSA) is 78.9 Å². The maximum absolute atomic E-state index is 14.2. The van der Waals surface area contributed by atoms with E-state index in [1.165, 1.54) is 0 Å². The van der Waals surface area contributed by atoms with E-state index in [-0.39, 0.29) is 73.9 Å². The van der Waals surface area contributed by atoms with Crippen molar-refractivity contribution in [3.63, 3.8) is 0 Å². The minimum Gasteiger partial charge on any atom is -0.461 e. The highest BCUT2D eigenvalue weighted by Gasteiger charge is 2.42. The highest BCUT2D eigenvalue weighted by Crippen LogP contribution is 2.44. The lowest BCUT2D eigenvalue weighted by Gasteiger charge is -2.36. The van der Waals surface area contributed by atoms with E-state index < -0.39 is 28.3 Å². The van der Waals surface area contributed by atoms with Crippen molar-refractivity contribution in [1.29, 1.82) is 0 Å². The minimum atomic E-state index is -0.992. The molecule has 0 aromatic heterocycles. The van der Waals surface area contributed by atoms with Gasteiger partial charge in [0, 0.05) is 0 Å². The van der Waals surface area contributed by atoms with Gasteiger partial charge in [0.15, 0.2) is 6.10 Å². The predicted octanol–water partition coefficient (Wildman–Crippen LogP) is 18.1. The second kappa shape index (κ2) is 24.2. The molecule has 3 unspecified atom stereocenters. The summed E-state index contributed by atoms with van der Waals surface area (Å²) in [4.78, 5) is 42.5. The maximum atomic E-state index is 14.2. The molecule has 0 saturated heterocycles. The molecule has 0 saturated carbocycles. The zero-order chi connectivity index (χ0) is 53.9. The Morgan fingerprint density at radius 1 is 0.382 bits per heavy atom. The van der Waals surface area contributed by atoms with Crippen LogP contribution in [0.1, 0.15) is 245 Å². The van der Waals surface area contributed by atoms with Gasteiger partial charge >= 0.3 is 17.9 Å². The van der Waals surface area contributed by atoms with E-state index in [0.717, 1.165) is 32.1 Å². The van der Waals surface area contributed by atoms with Crippen LogP contribution in [0.15, 0.2) is 48.6 Å². The molecular weight excluding hydrogens is 841 g/mol. The first kappa shape index (κ1) is 65.4. The lowest BCUT2D eigenvalue weighted by Crippen LogP contribution is -2.41. The molecule has 0 aromatic rings. The largest absolute Gasteiger partial charge is 0.461 e. The highest BCUT2D eigenvalue weighted by atomic mass is 16.6. The Balaban J connectivity index is 6.58. The van der Waals surface area contributed by atoms with Crippen LogP contribution in [0.2, 0.25) is 0 Å². The third kappa shape index (κ3) is 27.1. The molecule has 0 aliphatic rings. The number of ether oxygens (including phenoxy) is 3. The van der Waals surface area contributed by atoms with Gasteiger partial charge in [-0.3, -0.25) is 14.4 Å². The quantitative estimate of drug-likeness (QED) is 0.0464. The van der Waals surface area contributed by atoms with E-state index >= 15 is 0 Å². The van der Waals surface area contributed by atoms with Crippen LogP contribution in [0.4, 0.5) is 0 Å². The summed E-state index contributed by atoms with van der Waals surface area (Å²) >= 11 is 0. The first-order chi connectivity index (χ1) is 30.0. The molecule has 0 aliphatic heterocycles. The molecule has 0 aromatic carbocycles. The number of carbonyl (C=O) groups is 3. The fraction of sp³-hybridized carbons (Fsp3) is 0.823. The van der Waals surface area contributed by atoms with Gasteiger partial charge in [0.1, 0.15) is 13.2 Å². The third-order valence-electron chi connectivity index (χ3n) is 13.1. The molecule has 0 bridgehead atoms. The SMILES string of the molecule is CCC(C)(C=CC(C)(C)CC(C)(C)C)CC(C)(C)C(=O)OCC(COC(=O)C(C)(CC)CC(C)(C)C=CC(C)(C)CC(C)(C)C)OC(=O)C(C)(C)CC(C)(C)C=CCC=CC(C)(C)CC(C)(C)C. The fourth-order valence-electron chi connectivity index (χ4n) is 11.2. The summed E-state index contributed by atoms with van der Waals surface area (Å²) in [5.74, 6) is -1.16. The minimum absolute atomic E-state index is 0.00300. The Bertz CT molecular complexity index is 1720. The monoisotopic (exact) mass is 953 g/mol. The number of hydrogen-bond acceptors (Lipinski definition) is 6. The molecule has 68 heavy (non-hydrogen) atoms. The molecule has 0 aliphatic carbocycles. The molecule has 0 amide bonds. The Morgan fingerprint density at radius 2 is 0.721 bits per heavy atom. The normalized spacial score (nSPS) is 16.9. The van der Waals surface area contributed by atoms with Crippen molar-refractivity contribution in [2.45, 2.75) is 251 Å². The van der Waals surface area contributed by atoms with Gasteiger partial charge in [0.05, 0.1) is 16.2 Å². The first-order valence-electron chi connectivity index (χ1n) is 26.4. The second-order valence-electron chi connectivity index (χ2n) is 30.3. The summed E-state index contributed by atoms with van der Waals surface area (Å²) in [6, 6.07) is 0. The van der Waals surface area contributed by atoms with Gasteiger partial charge in [0.2, 0.25) is 0 Å². The van der Waals surface area contributed by atoms with Crippen LogP contribution < -0.4 is 0 Å². The van der Waals surface area contributed by atoms with Crippen molar-refractivity contribution in [3.8, 4) is 0 Å². The van der Waals surface area contributed by atoms with Crippen molar-refractivity contribution < 1.29 is 28.6 Å². The molecule has 0 rings (SSSR count). The fourth-order valence-corrected chi connectivity index (χ4v) is 11.2. The average molecular weight is 954 g/mol. The van der Waals surface area contributed by atoms with Crippen LogP contribution >= 0.6 is 0 Å². The molecule has 0 N–H and O–H groups in total. The van der Waals surface area contributed by atoms with E-state index in [0.29, 0.717) is 25.7 Å². The summed E-state index contributed by atoms with van der Waals surface area (Å²) in [6.07, 6.45) is 24.1. The van der Waals surface area contributed by atoms with Crippen LogP contribution in [-0.4, -0.2) is 37.2 Å². The van der Waals surface area contributed by atoms with E-state index in [1.54, 1.807) is 0 Å². The van der Waals surface area contributed by atoms with E-state index in [4.69, 9.17) is 14.2 Å². The molecule has 0 spiro atoms.